The van der Waals surface area contributed by atoms with E-state index in [4.69, 9.17) is 9.47 Å². The number of amides is 1. The van der Waals surface area contributed by atoms with Crippen LogP contribution >= 0.6 is 11.8 Å². The van der Waals surface area contributed by atoms with Crippen LogP contribution in [0.1, 0.15) is 33.6 Å². The van der Waals surface area contributed by atoms with Gasteiger partial charge < -0.3 is 14.4 Å². The number of aromatic nitrogens is 1. The molecule has 0 spiro atoms. The summed E-state index contributed by atoms with van der Waals surface area (Å²) in [6.45, 7) is 1.45. The van der Waals surface area contributed by atoms with Crippen LogP contribution in [-0.2, 0) is 0 Å². The van der Waals surface area contributed by atoms with Gasteiger partial charge >= 0.3 is 5.51 Å². The largest absolute Gasteiger partial charge is 0.486 e. The van der Waals surface area contributed by atoms with E-state index in [0.717, 1.165) is 0 Å². The topological polar surface area (TPSA) is 68.7 Å². The Hall–Kier alpha value is -2.75. The molecule has 1 aromatic carbocycles. The van der Waals surface area contributed by atoms with Gasteiger partial charge in [-0.1, -0.05) is 0 Å². The van der Waals surface area contributed by atoms with Crippen LogP contribution in [0.3, 0.4) is 0 Å². The highest BCUT2D eigenvalue weighted by Crippen LogP contribution is 2.38. The summed E-state index contributed by atoms with van der Waals surface area (Å²) in [5, 5.41) is -0.366. The number of hydrogen-bond acceptors (Lipinski definition) is 6. The predicted octanol–water partition coefficient (Wildman–Crippen LogP) is 4.20. The lowest BCUT2D eigenvalue weighted by molar-refractivity contribution is -0.0329. The molecular weight excluding hydrogens is 433 g/mol. The Labute approximate surface area is 180 Å². The molecule has 1 fully saturated rings. The normalized spacial score (nSPS) is 16.8. The Morgan fingerprint density at radius 2 is 1.77 bits per heavy atom. The number of ketones is 1. The Kier molecular flexibility index (Phi) is 6.08. The van der Waals surface area contributed by atoms with Gasteiger partial charge in [0.05, 0.1) is 5.56 Å². The lowest BCUT2D eigenvalue weighted by atomic mass is 9.88. The van der Waals surface area contributed by atoms with E-state index in [1.165, 1.54) is 23.2 Å². The number of ether oxygens (including phenoxy) is 2. The second-order valence-electron chi connectivity index (χ2n) is 7.19. The third-order valence-corrected chi connectivity index (χ3v) is 5.94. The number of carbonyl (C=O) groups excluding carboxylic acids is 2. The molecule has 3 heterocycles. The fraction of sp³-hybridized carbons (Fsp3) is 0.381. The van der Waals surface area contributed by atoms with Crippen LogP contribution in [0, 0.1) is 5.92 Å². The molecule has 0 atom stereocenters. The highest BCUT2D eigenvalue weighted by atomic mass is 32.2. The first kappa shape index (κ1) is 21.5. The number of thioether (sulfide) groups is 1. The Bertz CT molecular complexity index is 991. The summed E-state index contributed by atoms with van der Waals surface area (Å²) in [5.41, 5.74) is -4.10. The summed E-state index contributed by atoms with van der Waals surface area (Å²) >= 11 is -0.401. The van der Waals surface area contributed by atoms with Crippen molar-refractivity contribution in [3.8, 4) is 11.5 Å². The highest BCUT2D eigenvalue weighted by molar-refractivity contribution is 8.00. The number of benzene rings is 1. The molecule has 10 heteroatoms. The van der Waals surface area contributed by atoms with Gasteiger partial charge in [0.1, 0.15) is 18.2 Å². The summed E-state index contributed by atoms with van der Waals surface area (Å²) in [5.74, 6) is 0.316. The van der Waals surface area contributed by atoms with Crippen LogP contribution in [0.4, 0.5) is 13.2 Å². The second-order valence-corrected chi connectivity index (χ2v) is 8.25. The lowest BCUT2D eigenvalue weighted by Crippen LogP contribution is -2.40. The zero-order chi connectivity index (χ0) is 22.0. The quantitative estimate of drug-likeness (QED) is 0.512. The number of likely N-dealkylation sites (tertiary alicyclic amines) is 1. The molecule has 164 valence electrons. The number of rotatable bonds is 4. The molecule has 31 heavy (non-hydrogen) atoms. The number of Topliss-reactive ketones (excluding diaryl/α,β-unsaturated/α-hetero) is 1. The van der Waals surface area contributed by atoms with Crippen molar-refractivity contribution < 1.29 is 32.2 Å². The van der Waals surface area contributed by atoms with Gasteiger partial charge in [-0.3, -0.25) is 9.59 Å². The number of halogens is 3. The highest BCUT2D eigenvalue weighted by Gasteiger charge is 2.34. The van der Waals surface area contributed by atoms with Crippen LogP contribution in [0.5, 0.6) is 11.5 Å². The van der Waals surface area contributed by atoms with E-state index in [-0.39, 0.29) is 35.4 Å². The monoisotopic (exact) mass is 452 g/mol. The maximum atomic E-state index is 12.9. The Morgan fingerprint density at radius 3 is 2.48 bits per heavy atom. The van der Waals surface area contributed by atoms with Gasteiger partial charge in [-0.05, 0) is 43.2 Å². The average Bonchev–Trinajstić information content (AvgIpc) is 2.77. The van der Waals surface area contributed by atoms with Gasteiger partial charge in [0.25, 0.3) is 5.91 Å². The zero-order valence-corrected chi connectivity index (χ0v) is 17.2. The number of piperidine rings is 1. The van der Waals surface area contributed by atoms with Crippen LogP contribution in [0.15, 0.2) is 41.6 Å². The second kappa shape index (κ2) is 8.78. The summed E-state index contributed by atoms with van der Waals surface area (Å²) in [7, 11) is 0. The molecular formula is C21H19F3N2O4S. The van der Waals surface area contributed by atoms with Crippen LogP contribution < -0.4 is 9.47 Å². The van der Waals surface area contributed by atoms with Gasteiger partial charge in [-0.25, -0.2) is 4.98 Å². The number of nitrogens with zero attached hydrogens (tertiary/aromatic N) is 2. The van der Waals surface area contributed by atoms with Crippen molar-refractivity contribution >= 4 is 23.5 Å². The van der Waals surface area contributed by atoms with Gasteiger partial charge in [-0.15, -0.1) is 0 Å². The van der Waals surface area contributed by atoms with Crippen LogP contribution in [-0.4, -0.2) is 53.4 Å². The molecule has 1 aromatic heterocycles. The van der Waals surface area contributed by atoms with Crippen molar-refractivity contribution in [2.45, 2.75) is 23.4 Å². The van der Waals surface area contributed by atoms with E-state index in [1.54, 1.807) is 18.2 Å². The zero-order valence-electron chi connectivity index (χ0n) is 16.4. The smallest absolute Gasteiger partial charge is 0.447 e. The number of pyridine rings is 1. The molecule has 2 aliphatic heterocycles. The average molecular weight is 452 g/mol. The summed E-state index contributed by atoms with van der Waals surface area (Å²) in [6.07, 6.45) is 2.09. The minimum atomic E-state index is -4.54. The number of carbonyl (C=O) groups is 2. The first-order valence-corrected chi connectivity index (χ1v) is 10.6. The van der Waals surface area contributed by atoms with Gasteiger partial charge in [0.15, 0.2) is 17.3 Å². The standard InChI is InChI=1S/C21H19F3N2O4S/c22-21(23,24)31-19-15(2-1-7-25-19)20(28)26-8-5-13(6-9-26)18(27)14-3-4-16-17(12-14)30-11-10-29-16/h1-4,7,12-13H,5-6,8-11H2. The molecule has 4 rings (SSSR count). The molecule has 0 N–H and O–H groups in total. The maximum absolute atomic E-state index is 12.9. The molecule has 1 saturated heterocycles. The number of alkyl halides is 3. The third-order valence-electron chi connectivity index (χ3n) is 5.19. The molecule has 6 nitrogen and oxygen atoms in total. The number of fused-ring (bicyclic) bond motifs is 1. The van der Waals surface area contributed by atoms with E-state index < -0.39 is 23.2 Å². The number of hydrogen-bond donors (Lipinski definition) is 0. The molecule has 0 aliphatic carbocycles. The van der Waals surface area contributed by atoms with Gasteiger partial charge in [-0.2, -0.15) is 13.2 Å². The van der Waals surface area contributed by atoms with Crippen molar-refractivity contribution in [1.82, 2.24) is 9.88 Å². The van der Waals surface area contributed by atoms with Crippen molar-refractivity contribution in [3.63, 3.8) is 0 Å². The van der Waals surface area contributed by atoms with Gasteiger partial charge in [0.2, 0.25) is 0 Å². The summed E-state index contributed by atoms with van der Waals surface area (Å²) in [4.78, 5) is 30.9. The predicted molar refractivity (Wildman–Crippen MR) is 107 cm³/mol. The van der Waals surface area contributed by atoms with Crippen molar-refractivity contribution in [2.24, 2.45) is 5.92 Å². The summed E-state index contributed by atoms with van der Waals surface area (Å²) in [6, 6.07) is 7.86. The third kappa shape index (κ3) is 4.95. The Balaban J connectivity index is 1.41. The first-order chi connectivity index (χ1) is 14.8. The van der Waals surface area contributed by atoms with Crippen molar-refractivity contribution in [3.05, 3.63) is 47.7 Å². The first-order valence-electron chi connectivity index (χ1n) is 9.76. The SMILES string of the molecule is O=C(c1ccc2c(c1)OCCO2)C1CCN(C(=O)c2cccnc2SC(F)(F)F)CC1. The minimum absolute atomic E-state index is 0.0428. The Morgan fingerprint density at radius 1 is 1.06 bits per heavy atom. The van der Waals surface area contributed by atoms with E-state index in [0.29, 0.717) is 43.1 Å². The molecule has 0 unspecified atom stereocenters. The van der Waals surface area contributed by atoms with E-state index in [2.05, 4.69) is 4.98 Å². The molecule has 0 radical (unpaired) electrons. The van der Waals surface area contributed by atoms with Crippen molar-refractivity contribution in [2.75, 3.05) is 26.3 Å². The summed E-state index contributed by atoms with van der Waals surface area (Å²) < 4.78 is 49.3. The molecule has 0 saturated carbocycles. The fourth-order valence-electron chi connectivity index (χ4n) is 3.69. The molecule has 0 bridgehead atoms. The van der Waals surface area contributed by atoms with Crippen LogP contribution in [0.2, 0.25) is 0 Å². The van der Waals surface area contributed by atoms with E-state index >= 15 is 0 Å². The molecule has 1 amide bonds. The van der Waals surface area contributed by atoms with Crippen LogP contribution in [0.25, 0.3) is 0 Å². The van der Waals surface area contributed by atoms with Crippen molar-refractivity contribution in [1.29, 1.82) is 0 Å². The van der Waals surface area contributed by atoms with E-state index in [1.807, 2.05) is 0 Å². The van der Waals surface area contributed by atoms with E-state index in [9.17, 15) is 22.8 Å². The molecule has 2 aliphatic rings. The lowest BCUT2D eigenvalue weighted by Gasteiger charge is -2.31. The fourth-order valence-corrected chi connectivity index (χ4v) is 4.29. The minimum Gasteiger partial charge on any atom is -0.486 e. The maximum Gasteiger partial charge on any atom is 0.447 e. The molecule has 2 aromatic rings. The van der Waals surface area contributed by atoms with Gasteiger partial charge in [0, 0.05) is 42.5 Å².